The van der Waals surface area contributed by atoms with Crippen LogP contribution in [0.15, 0.2) is 47.4 Å². The Morgan fingerprint density at radius 2 is 1.92 bits per heavy atom. The van der Waals surface area contributed by atoms with Crippen molar-refractivity contribution in [2.75, 3.05) is 0 Å². The molecule has 2 aromatic carbocycles. The van der Waals surface area contributed by atoms with E-state index in [2.05, 4.69) is 4.72 Å². The number of fused-ring (bicyclic) bond motifs is 2. The van der Waals surface area contributed by atoms with Crippen LogP contribution >= 0.6 is 11.3 Å². The van der Waals surface area contributed by atoms with Gasteiger partial charge in [0.05, 0.1) is 23.0 Å². The van der Waals surface area contributed by atoms with Gasteiger partial charge in [-0.3, -0.25) is 4.79 Å². The van der Waals surface area contributed by atoms with Gasteiger partial charge in [-0.05, 0) is 47.2 Å². The SMILES string of the molecule is Cc1cccc2cc(C(=O)NS(=O)(=O)c3ccc4c(c3)COC4)sc12. The predicted molar refractivity (Wildman–Crippen MR) is 96.1 cm³/mol. The summed E-state index contributed by atoms with van der Waals surface area (Å²) in [6.07, 6.45) is 0. The number of sulfonamides is 1. The third-order valence-electron chi connectivity index (χ3n) is 4.19. The summed E-state index contributed by atoms with van der Waals surface area (Å²) in [6, 6.07) is 12.3. The highest BCUT2D eigenvalue weighted by Crippen LogP contribution is 2.29. The molecule has 1 aliphatic heterocycles. The number of amides is 1. The van der Waals surface area contributed by atoms with Crippen LogP contribution in [0.25, 0.3) is 10.1 Å². The smallest absolute Gasteiger partial charge is 0.275 e. The molecule has 25 heavy (non-hydrogen) atoms. The first-order chi connectivity index (χ1) is 11.9. The molecule has 2 heterocycles. The number of rotatable bonds is 3. The average Bonchev–Trinajstić information content (AvgIpc) is 3.21. The first-order valence-electron chi connectivity index (χ1n) is 7.70. The molecule has 128 valence electrons. The third kappa shape index (κ3) is 2.95. The van der Waals surface area contributed by atoms with Gasteiger partial charge < -0.3 is 4.74 Å². The van der Waals surface area contributed by atoms with Crippen molar-refractivity contribution in [1.82, 2.24) is 4.72 Å². The van der Waals surface area contributed by atoms with Gasteiger partial charge in [-0.2, -0.15) is 0 Å². The van der Waals surface area contributed by atoms with E-state index in [1.54, 1.807) is 18.2 Å². The highest BCUT2D eigenvalue weighted by molar-refractivity contribution is 7.90. The molecule has 0 radical (unpaired) electrons. The number of ether oxygens (including phenoxy) is 1. The van der Waals surface area contributed by atoms with E-state index in [1.807, 2.05) is 25.1 Å². The topological polar surface area (TPSA) is 72.5 Å². The van der Waals surface area contributed by atoms with Crippen molar-refractivity contribution in [2.45, 2.75) is 25.0 Å². The van der Waals surface area contributed by atoms with E-state index >= 15 is 0 Å². The molecule has 4 rings (SSSR count). The van der Waals surface area contributed by atoms with E-state index in [9.17, 15) is 13.2 Å². The van der Waals surface area contributed by atoms with Crippen LogP contribution in [-0.2, 0) is 28.0 Å². The molecule has 0 unspecified atom stereocenters. The van der Waals surface area contributed by atoms with E-state index < -0.39 is 15.9 Å². The van der Waals surface area contributed by atoms with Gasteiger partial charge in [-0.15, -0.1) is 11.3 Å². The van der Waals surface area contributed by atoms with Crippen LogP contribution < -0.4 is 4.72 Å². The first-order valence-corrected chi connectivity index (χ1v) is 10.00. The predicted octanol–water partition coefficient (Wildman–Crippen LogP) is 3.36. The van der Waals surface area contributed by atoms with Gasteiger partial charge in [0.25, 0.3) is 15.9 Å². The van der Waals surface area contributed by atoms with Gasteiger partial charge in [0.1, 0.15) is 0 Å². The maximum absolute atomic E-state index is 12.5. The highest BCUT2D eigenvalue weighted by Gasteiger charge is 2.22. The van der Waals surface area contributed by atoms with Gasteiger partial charge in [0, 0.05) is 4.70 Å². The molecule has 0 spiro atoms. The largest absolute Gasteiger partial charge is 0.372 e. The Labute approximate surface area is 149 Å². The maximum atomic E-state index is 12.5. The number of hydrogen-bond donors (Lipinski definition) is 1. The summed E-state index contributed by atoms with van der Waals surface area (Å²) >= 11 is 1.29. The molecular formula is C18H15NO4S2. The molecule has 0 fully saturated rings. The van der Waals surface area contributed by atoms with E-state index in [4.69, 9.17) is 4.74 Å². The van der Waals surface area contributed by atoms with Crippen molar-refractivity contribution in [2.24, 2.45) is 0 Å². The van der Waals surface area contributed by atoms with E-state index in [0.29, 0.717) is 18.1 Å². The number of carbonyl (C=O) groups is 1. The van der Waals surface area contributed by atoms with Crippen LogP contribution in [0, 0.1) is 6.92 Å². The Morgan fingerprint density at radius 3 is 2.72 bits per heavy atom. The molecule has 7 heteroatoms. The lowest BCUT2D eigenvalue weighted by Crippen LogP contribution is -2.30. The Hall–Kier alpha value is -2.22. The molecule has 0 bridgehead atoms. The van der Waals surface area contributed by atoms with Gasteiger partial charge in [0.15, 0.2) is 0 Å². The number of benzene rings is 2. The second-order valence-electron chi connectivity index (χ2n) is 5.96. The zero-order valence-corrected chi connectivity index (χ0v) is 15.0. The number of hydrogen-bond acceptors (Lipinski definition) is 5. The van der Waals surface area contributed by atoms with Gasteiger partial charge >= 0.3 is 0 Å². The second kappa shape index (κ2) is 5.94. The van der Waals surface area contributed by atoms with Crippen molar-refractivity contribution in [3.63, 3.8) is 0 Å². The minimum atomic E-state index is -3.93. The molecule has 3 aromatic rings. The van der Waals surface area contributed by atoms with Crippen molar-refractivity contribution in [3.8, 4) is 0 Å². The highest BCUT2D eigenvalue weighted by atomic mass is 32.2. The van der Waals surface area contributed by atoms with Crippen LogP contribution in [0.2, 0.25) is 0 Å². The molecule has 1 N–H and O–H groups in total. The minimum absolute atomic E-state index is 0.0717. The summed E-state index contributed by atoms with van der Waals surface area (Å²) in [5.74, 6) is -0.614. The van der Waals surface area contributed by atoms with Crippen molar-refractivity contribution in [1.29, 1.82) is 0 Å². The molecule has 1 aromatic heterocycles. The van der Waals surface area contributed by atoms with Crippen LogP contribution in [0.4, 0.5) is 0 Å². The lowest BCUT2D eigenvalue weighted by Gasteiger charge is -2.07. The van der Waals surface area contributed by atoms with Crippen molar-refractivity contribution >= 4 is 37.4 Å². The van der Waals surface area contributed by atoms with Crippen LogP contribution in [0.5, 0.6) is 0 Å². The Bertz CT molecular complexity index is 1100. The number of thiophene rings is 1. The zero-order valence-electron chi connectivity index (χ0n) is 13.4. The molecule has 1 aliphatic rings. The van der Waals surface area contributed by atoms with Crippen molar-refractivity contribution < 1.29 is 17.9 Å². The lowest BCUT2D eigenvalue weighted by atomic mass is 10.1. The monoisotopic (exact) mass is 373 g/mol. The Balaban J connectivity index is 1.63. The standard InChI is InChI=1S/C18H15NO4S2/c1-11-3-2-4-12-8-16(24-17(11)12)18(20)19-25(21,22)15-6-5-13-9-23-10-14(13)7-15/h2-8H,9-10H2,1H3,(H,19,20). The average molecular weight is 373 g/mol. The van der Waals surface area contributed by atoms with E-state index in [-0.39, 0.29) is 4.90 Å². The summed E-state index contributed by atoms with van der Waals surface area (Å²) in [6.45, 7) is 2.84. The van der Waals surface area contributed by atoms with Crippen LogP contribution in [0.3, 0.4) is 0 Å². The van der Waals surface area contributed by atoms with E-state index in [0.717, 1.165) is 26.8 Å². The van der Waals surface area contributed by atoms with Crippen molar-refractivity contribution in [3.05, 3.63) is 64.0 Å². The van der Waals surface area contributed by atoms with Gasteiger partial charge in [-0.1, -0.05) is 24.3 Å². The summed E-state index contributed by atoms with van der Waals surface area (Å²) < 4.78 is 33.5. The molecule has 5 nitrogen and oxygen atoms in total. The summed E-state index contributed by atoms with van der Waals surface area (Å²) in [7, 11) is -3.93. The van der Waals surface area contributed by atoms with Crippen LogP contribution in [-0.4, -0.2) is 14.3 Å². The fraction of sp³-hybridized carbons (Fsp3) is 0.167. The maximum Gasteiger partial charge on any atom is 0.275 e. The quantitative estimate of drug-likeness (QED) is 0.764. The summed E-state index contributed by atoms with van der Waals surface area (Å²) in [4.78, 5) is 12.9. The molecule has 0 saturated carbocycles. The fourth-order valence-corrected chi connectivity index (χ4v) is 4.97. The third-order valence-corrected chi connectivity index (χ3v) is 6.81. The summed E-state index contributed by atoms with van der Waals surface area (Å²) in [5, 5.41) is 0.933. The zero-order chi connectivity index (χ0) is 17.6. The van der Waals surface area contributed by atoms with E-state index in [1.165, 1.54) is 17.4 Å². The molecule has 0 aliphatic carbocycles. The second-order valence-corrected chi connectivity index (χ2v) is 8.70. The fourth-order valence-electron chi connectivity index (χ4n) is 2.87. The minimum Gasteiger partial charge on any atom is -0.372 e. The van der Waals surface area contributed by atoms with Crippen LogP contribution in [0.1, 0.15) is 26.4 Å². The Kier molecular flexibility index (Phi) is 3.87. The molecule has 0 atom stereocenters. The molecule has 0 saturated heterocycles. The summed E-state index contributed by atoms with van der Waals surface area (Å²) in [5.41, 5.74) is 2.88. The first kappa shape index (κ1) is 16.3. The number of aryl methyl sites for hydroxylation is 1. The normalized spacial score (nSPS) is 13.8. The lowest BCUT2D eigenvalue weighted by molar-refractivity contribution is 0.0985. The number of nitrogens with one attached hydrogen (secondary N) is 1. The molecule has 1 amide bonds. The van der Waals surface area contributed by atoms with Gasteiger partial charge in [-0.25, -0.2) is 13.1 Å². The number of carbonyl (C=O) groups excluding carboxylic acids is 1. The Morgan fingerprint density at radius 1 is 1.12 bits per heavy atom. The van der Waals surface area contributed by atoms with Gasteiger partial charge in [0.2, 0.25) is 0 Å². The molecular weight excluding hydrogens is 358 g/mol.